The lowest BCUT2D eigenvalue weighted by Crippen LogP contribution is -2.38. The molecule has 0 saturated carbocycles. The van der Waals surface area contributed by atoms with Crippen LogP contribution in [0.2, 0.25) is 10.0 Å². The second kappa shape index (κ2) is 7.85. The number of rotatable bonds is 5. The monoisotopic (exact) mass is 407 g/mol. The van der Waals surface area contributed by atoms with Crippen LogP contribution in [0.15, 0.2) is 51.7 Å². The van der Waals surface area contributed by atoms with E-state index in [0.29, 0.717) is 26.8 Å². The van der Waals surface area contributed by atoms with Crippen LogP contribution in [0.3, 0.4) is 0 Å². The number of amides is 2. The van der Waals surface area contributed by atoms with Gasteiger partial charge in [-0.25, -0.2) is 4.79 Å². The number of anilines is 1. The van der Waals surface area contributed by atoms with Crippen LogP contribution in [0.1, 0.15) is 0 Å². The molecule has 0 atom stereocenters. The molecule has 0 radical (unpaired) electrons. The van der Waals surface area contributed by atoms with Gasteiger partial charge in [-0.1, -0.05) is 35.3 Å². The number of para-hydroxylation sites is 2. The maximum absolute atomic E-state index is 12.4. The minimum Gasteiger partial charge on any atom is -0.408 e. The SMILES string of the molecule is CN(CC(=O)Nc1ccc(Cl)c(Cl)c1)C(=O)Cn1c(=O)oc2ccccc21. The highest BCUT2D eigenvalue weighted by Crippen LogP contribution is 2.24. The van der Waals surface area contributed by atoms with Gasteiger partial charge in [0.15, 0.2) is 5.58 Å². The number of nitrogens with zero attached hydrogens (tertiary/aromatic N) is 2. The molecule has 0 unspecified atom stereocenters. The Balaban J connectivity index is 1.64. The quantitative estimate of drug-likeness (QED) is 0.704. The maximum Gasteiger partial charge on any atom is 0.420 e. The number of carbonyl (C=O) groups excluding carboxylic acids is 2. The second-order valence-corrected chi connectivity index (χ2v) is 6.66. The van der Waals surface area contributed by atoms with Crippen molar-refractivity contribution in [3.8, 4) is 0 Å². The van der Waals surface area contributed by atoms with Crippen LogP contribution in [-0.4, -0.2) is 34.9 Å². The van der Waals surface area contributed by atoms with Crippen LogP contribution in [0.4, 0.5) is 5.69 Å². The van der Waals surface area contributed by atoms with E-state index in [2.05, 4.69) is 5.32 Å². The van der Waals surface area contributed by atoms with Gasteiger partial charge in [0.05, 0.1) is 22.1 Å². The first-order chi connectivity index (χ1) is 12.8. The normalized spacial score (nSPS) is 10.8. The standard InChI is InChI=1S/C18H15Cl2N3O4/c1-22(9-16(24)21-11-6-7-12(19)13(20)8-11)17(25)10-23-14-4-2-3-5-15(14)27-18(23)26/h2-8H,9-10H2,1H3,(H,21,24). The van der Waals surface area contributed by atoms with Crippen LogP contribution in [0.5, 0.6) is 0 Å². The fraction of sp³-hybridized carbons (Fsp3) is 0.167. The lowest BCUT2D eigenvalue weighted by Gasteiger charge is -2.17. The lowest BCUT2D eigenvalue weighted by atomic mass is 10.3. The van der Waals surface area contributed by atoms with Gasteiger partial charge in [-0.05, 0) is 30.3 Å². The molecule has 3 aromatic rings. The summed E-state index contributed by atoms with van der Waals surface area (Å²) in [6, 6.07) is 11.5. The Labute approximate surface area is 164 Å². The van der Waals surface area contributed by atoms with Gasteiger partial charge in [0, 0.05) is 12.7 Å². The summed E-state index contributed by atoms with van der Waals surface area (Å²) < 4.78 is 6.32. The summed E-state index contributed by atoms with van der Waals surface area (Å²) >= 11 is 11.7. The largest absolute Gasteiger partial charge is 0.420 e. The Morgan fingerprint density at radius 3 is 2.63 bits per heavy atom. The first-order valence-electron chi connectivity index (χ1n) is 7.92. The average Bonchev–Trinajstić information content (AvgIpc) is 2.93. The third-order valence-electron chi connectivity index (χ3n) is 3.88. The number of likely N-dealkylation sites (N-methyl/N-ethyl adjacent to an activating group) is 1. The van der Waals surface area contributed by atoms with E-state index in [1.165, 1.54) is 22.6 Å². The summed E-state index contributed by atoms with van der Waals surface area (Å²) in [6.07, 6.45) is 0. The van der Waals surface area contributed by atoms with E-state index in [4.69, 9.17) is 27.6 Å². The lowest BCUT2D eigenvalue weighted by molar-refractivity contribution is -0.133. The molecule has 0 spiro atoms. The molecular weight excluding hydrogens is 393 g/mol. The summed E-state index contributed by atoms with van der Waals surface area (Å²) in [4.78, 5) is 37.7. The van der Waals surface area contributed by atoms with Crippen LogP contribution in [0, 0.1) is 0 Å². The minimum atomic E-state index is -0.627. The summed E-state index contributed by atoms with van der Waals surface area (Å²) in [6.45, 7) is -0.421. The van der Waals surface area contributed by atoms with Gasteiger partial charge in [-0.3, -0.25) is 14.2 Å². The predicted molar refractivity (Wildman–Crippen MR) is 103 cm³/mol. The Morgan fingerprint density at radius 1 is 1.15 bits per heavy atom. The topological polar surface area (TPSA) is 84.5 Å². The molecule has 0 saturated heterocycles. The van der Waals surface area contributed by atoms with Crippen molar-refractivity contribution in [3.05, 3.63) is 63.1 Å². The molecule has 0 aliphatic carbocycles. The van der Waals surface area contributed by atoms with E-state index in [1.54, 1.807) is 36.4 Å². The zero-order chi connectivity index (χ0) is 19.6. The van der Waals surface area contributed by atoms with Crippen molar-refractivity contribution in [3.63, 3.8) is 0 Å². The van der Waals surface area contributed by atoms with Crippen LogP contribution >= 0.6 is 23.2 Å². The van der Waals surface area contributed by atoms with Crippen molar-refractivity contribution >= 4 is 51.8 Å². The molecule has 0 bridgehead atoms. The number of nitrogens with one attached hydrogen (secondary N) is 1. The van der Waals surface area contributed by atoms with Gasteiger partial charge in [-0.2, -0.15) is 0 Å². The van der Waals surface area contributed by atoms with Crippen molar-refractivity contribution in [1.82, 2.24) is 9.47 Å². The van der Waals surface area contributed by atoms with Crippen LogP contribution in [-0.2, 0) is 16.1 Å². The molecule has 27 heavy (non-hydrogen) atoms. The summed E-state index contributed by atoms with van der Waals surface area (Å²) in [7, 11) is 1.48. The van der Waals surface area contributed by atoms with Crippen molar-refractivity contribution in [1.29, 1.82) is 0 Å². The van der Waals surface area contributed by atoms with E-state index in [1.807, 2.05) is 0 Å². The zero-order valence-electron chi connectivity index (χ0n) is 14.2. The highest BCUT2D eigenvalue weighted by molar-refractivity contribution is 6.42. The molecule has 140 valence electrons. The first kappa shape index (κ1) is 19.0. The highest BCUT2D eigenvalue weighted by atomic mass is 35.5. The minimum absolute atomic E-state index is 0.191. The van der Waals surface area contributed by atoms with Gasteiger partial charge in [0.1, 0.15) is 6.54 Å². The molecule has 0 aliphatic heterocycles. The maximum atomic E-state index is 12.4. The Hall–Kier alpha value is -2.77. The van der Waals surface area contributed by atoms with Gasteiger partial charge in [-0.15, -0.1) is 0 Å². The van der Waals surface area contributed by atoms with E-state index in [9.17, 15) is 14.4 Å². The number of aromatic nitrogens is 1. The second-order valence-electron chi connectivity index (χ2n) is 5.85. The highest BCUT2D eigenvalue weighted by Gasteiger charge is 2.17. The third kappa shape index (κ3) is 4.32. The Kier molecular flexibility index (Phi) is 5.53. The van der Waals surface area contributed by atoms with E-state index in [0.717, 1.165) is 0 Å². The van der Waals surface area contributed by atoms with E-state index < -0.39 is 17.6 Å². The number of benzene rings is 2. The van der Waals surface area contributed by atoms with E-state index >= 15 is 0 Å². The molecule has 3 rings (SSSR count). The van der Waals surface area contributed by atoms with Gasteiger partial charge in [0.25, 0.3) is 0 Å². The van der Waals surface area contributed by atoms with Gasteiger partial charge in [0.2, 0.25) is 11.8 Å². The molecular formula is C18H15Cl2N3O4. The number of fused-ring (bicyclic) bond motifs is 1. The predicted octanol–water partition coefficient (Wildman–Crippen LogP) is 3.00. The number of halogens is 2. The fourth-order valence-corrected chi connectivity index (χ4v) is 2.80. The van der Waals surface area contributed by atoms with Crippen LogP contribution < -0.4 is 11.1 Å². The average molecular weight is 408 g/mol. The molecule has 0 fully saturated rings. The summed E-state index contributed by atoms with van der Waals surface area (Å²) in [5.74, 6) is -1.44. The van der Waals surface area contributed by atoms with Crippen molar-refractivity contribution in [2.45, 2.75) is 6.54 Å². The zero-order valence-corrected chi connectivity index (χ0v) is 15.8. The molecule has 1 N–H and O–H groups in total. The fourth-order valence-electron chi connectivity index (χ4n) is 2.50. The van der Waals surface area contributed by atoms with Crippen molar-refractivity contribution in [2.75, 3.05) is 18.9 Å². The summed E-state index contributed by atoms with van der Waals surface area (Å²) in [5.41, 5.74) is 1.38. The first-order valence-corrected chi connectivity index (χ1v) is 8.68. The number of carbonyl (C=O) groups is 2. The molecule has 7 nitrogen and oxygen atoms in total. The van der Waals surface area contributed by atoms with Crippen molar-refractivity contribution in [2.24, 2.45) is 0 Å². The number of hydrogen-bond donors (Lipinski definition) is 1. The van der Waals surface area contributed by atoms with Gasteiger partial charge >= 0.3 is 5.76 Å². The molecule has 1 aromatic heterocycles. The van der Waals surface area contributed by atoms with Crippen molar-refractivity contribution < 1.29 is 14.0 Å². The molecule has 1 heterocycles. The molecule has 2 aromatic carbocycles. The summed E-state index contributed by atoms with van der Waals surface area (Å²) in [5, 5.41) is 3.32. The van der Waals surface area contributed by atoms with Gasteiger partial charge < -0.3 is 14.6 Å². The third-order valence-corrected chi connectivity index (χ3v) is 4.62. The molecule has 0 aliphatic rings. The molecule has 9 heteroatoms. The number of oxazole rings is 1. The Morgan fingerprint density at radius 2 is 1.89 bits per heavy atom. The smallest absolute Gasteiger partial charge is 0.408 e. The van der Waals surface area contributed by atoms with E-state index in [-0.39, 0.29) is 13.1 Å². The van der Waals surface area contributed by atoms with Crippen LogP contribution in [0.25, 0.3) is 11.1 Å². The number of hydrogen-bond acceptors (Lipinski definition) is 4. The molecule has 2 amide bonds. The Bertz CT molecular complexity index is 1070.